The maximum Gasteiger partial charge on any atom is 0.329 e. The van der Waals surface area contributed by atoms with E-state index < -0.39 is 0 Å². The maximum atomic E-state index is 12.5. The zero-order valence-corrected chi connectivity index (χ0v) is 12.1. The lowest BCUT2D eigenvalue weighted by atomic mass is 10.2. The topological polar surface area (TPSA) is 98.9 Å². The van der Waals surface area contributed by atoms with Crippen LogP contribution in [0.3, 0.4) is 0 Å². The Balaban J connectivity index is 2.07. The van der Waals surface area contributed by atoms with Crippen molar-refractivity contribution in [3.05, 3.63) is 28.7 Å². The number of benzene rings is 1. The highest BCUT2D eigenvalue weighted by atomic mass is 16.1. The third-order valence-electron chi connectivity index (χ3n) is 3.70. The third kappa shape index (κ3) is 2.23. The quantitative estimate of drug-likeness (QED) is 0.688. The van der Waals surface area contributed by atoms with E-state index in [2.05, 4.69) is 10.5 Å². The molecule has 1 saturated carbocycles. The van der Waals surface area contributed by atoms with E-state index in [9.17, 15) is 4.79 Å². The number of hydrazone groups is 1. The molecule has 7 nitrogen and oxygen atoms in total. The van der Waals surface area contributed by atoms with Gasteiger partial charge < -0.3 is 0 Å². The van der Waals surface area contributed by atoms with Gasteiger partial charge in [-0.3, -0.25) is 14.6 Å². The SMILES string of the molecule is CCn1c(=O)n(C2CC2)c2ccc(NN=C(C#N)C#N)cc21. The van der Waals surface area contributed by atoms with E-state index in [1.807, 2.05) is 23.6 Å². The van der Waals surface area contributed by atoms with Gasteiger partial charge in [0.05, 0.1) is 16.7 Å². The van der Waals surface area contributed by atoms with Crippen molar-refractivity contribution in [1.29, 1.82) is 10.5 Å². The van der Waals surface area contributed by atoms with Crippen molar-refractivity contribution in [2.75, 3.05) is 5.43 Å². The second kappa shape index (κ2) is 5.38. The molecule has 0 bridgehead atoms. The molecular formula is C15H14N6O. The van der Waals surface area contributed by atoms with Crippen LogP contribution in [-0.4, -0.2) is 14.8 Å². The minimum Gasteiger partial charge on any atom is -0.292 e. The summed E-state index contributed by atoms with van der Waals surface area (Å²) in [6.07, 6.45) is 2.08. The summed E-state index contributed by atoms with van der Waals surface area (Å²) in [4.78, 5) is 12.5. The number of aromatic nitrogens is 2. The zero-order valence-electron chi connectivity index (χ0n) is 12.1. The smallest absolute Gasteiger partial charge is 0.292 e. The molecule has 0 unspecified atom stereocenters. The van der Waals surface area contributed by atoms with Gasteiger partial charge in [-0.15, -0.1) is 0 Å². The average molecular weight is 294 g/mol. The van der Waals surface area contributed by atoms with Crippen LogP contribution < -0.4 is 11.1 Å². The summed E-state index contributed by atoms with van der Waals surface area (Å²) in [7, 11) is 0. The molecule has 1 aromatic carbocycles. The number of aryl methyl sites for hydroxylation is 1. The largest absolute Gasteiger partial charge is 0.329 e. The molecule has 3 rings (SSSR count). The Kier molecular flexibility index (Phi) is 3.40. The number of fused-ring (bicyclic) bond motifs is 1. The summed E-state index contributed by atoms with van der Waals surface area (Å²) >= 11 is 0. The van der Waals surface area contributed by atoms with Crippen LogP contribution in [0, 0.1) is 22.7 Å². The number of rotatable bonds is 4. The predicted octanol–water partition coefficient (Wildman–Crippen LogP) is 1.97. The Labute approximate surface area is 126 Å². The van der Waals surface area contributed by atoms with Gasteiger partial charge in [-0.1, -0.05) is 0 Å². The molecule has 1 aliphatic rings. The monoisotopic (exact) mass is 294 g/mol. The van der Waals surface area contributed by atoms with Gasteiger partial charge in [0.1, 0.15) is 12.1 Å². The number of nitrogens with one attached hydrogen (secondary N) is 1. The lowest BCUT2D eigenvalue weighted by Gasteiger charge is -2.03. The van der Waals surface area contributed by atoms with Crippen LogP contribution >= 0.6 is 0 Å². The first-order valence-electron chi connectivity index (χ1n) is 7.08. The molecule has 7 heteroatoms. The predicted molar refractivity (Wildman–Crippen MR) is 82.4 cm³/mol. The number of nitrogens with zero attached hydrogens (tertiary/aromatic N) is 5. The Morgan fingerprint density at radius 3 is 2.68 bits per heavy atom. The molecule has 0 atom stereocenters. The van der Waals surface area contributed by atoms with Crippen LogP contribution in [0.4, 0.5) is 5.69 Å². The van der Waals surface area contributed by atoms with Gasteiger partial charge in [-0.2, -0.15) is 15.6 Å². The van der Waals surface area contributed by atoms with Crippen LogP contribution in [0.25, 0.3) is 11.0 Å². The molecule has 1 aliphatic carbocycles. The molecular weight excluding hydrogens is 280 g/mol. The Hall–Kier alpha value is -3.06. The van der Waals surface area contributed by atoms with Crippen molar-refractivity contribution in [2.45, 2.75) is 32.4 Å². The molecule has 0 spiro atoms. The van der Waals surface area contributed by atoms with Gasteiger partial charge in [-0.25, -0.2) is 4.79 Å². The van der Waals surface area contributed by atoms with Gasteiger partial charge in [0, 0.05) is 12.6 Å². The van der Waals surface area contributed by atoms with Crippen LogP contribution in [0.2, 0.25) is 0 Å². The van der Waals surface area contributed by atoms with E-state index in [1.54, 1.807) is 22.8 Å². The van der Waals surface area contributed by atoms with Crippen LogP contribution in [-0.2, 0) is 6.54 Å². The number of hydrogen-bond donors (Lipinski definition) is 1. The van der Waals surface area contributed by atoms with Gasteiger partial charge in [0.2, 0.25) is 5.71 Å². The molecule has 0 amide bonds. The van der Waals surface area contributed by atoms with Crippen molar-refractivity contribution < 1.29 is 0 Å². The minimum atomic E-state index is -0.247. The summed E-state index contributed by atoms with van der Waals surface area (Å²) in [5.41, 5.74) is 4.81. The van der Waals surface area contributed by atoms with E-state index in [0.29, 0.717) is 18.3 Å². The Bertz CT molecular complexity index is 885. The summed E-state index contributed by atoms with van der Waals surface area (Å²) < 4.78 is 3.57. The van der Waals surface area contributed by atoms with Crippen molar-refractivity contribution in [3.8, 4) is 12.1 Å². The zero-order chi connectivity index (χ0) is 15.7. The summed E-state index contributed by atoms with van der Waals surface area (Å²) in [6.45, 7) is 2.52. The Morgan fingerprint density at radius 2 is 2.09 bits per heavy atom. The number of hydrogen-bond acceptors (Lipinski definition) is 5. The van der Waals surface area contributed by atoms with E-state index >= 15 is 0 Å². The van der Waals surface area contributed by atoms with Crippen molar-refractivity contribution >= 4 is 22.4 Å². The first-order valence-corrected chi connectivity index (χ1v) is 7.08. The van der Waals surface area contributed by atoms with Gasteiger partial charge in [0.15, 0.2) is 0 Å². The van der Waals surface area contributed by atoms with Crippen LogP contribution in [0.5, 0.6) is 0 Å². The molecule has 1 aromatic heterocycles. The molecule has 110 valence electrons. The third-order valence-corrected chi connectivity index (χ3v) is 3.70. The lowest BCUT2D eigenvalue weighted by molar-refractivity contribution is 0.660. The van der Waals surface area contributed by atoms with E-state index in [1.165, 1.54) is 0 Å². The molecule has 2 aromatic rings. The fourth-order valence-corrected chi connectivity index (χ4v) is 2.54. The Morgan fingerprint density at radius 1 is 1.36 bits per heavy atom. The van der Waals surface area contributed by atoms with E-state index in [4.69, 9.17) is 10.5 Å². The molecule has 1 N–H and O–H groups in total. The van der Waals surface area contributed by atoms with Gasteiger partial charge in [-0.05, 0) is 38.0 Å². The van der Waals surface area contributed by atoms with Crippen LogP contribution in [0.15, 0.2) is 28.1 Å². The fraction of sp³-hybridized carbons (Fsp3) is 0.333. The minimum absolute atomic E-state index is 0.00962. The first-order chi connectivity index (χ1) is 10.7. The highest BCUT2D eigenvalue weighted by Crippen LogP contribution is 2.36. The van der Waals surface area contributed by atoms with Crippen molar-refractivity contribution in [1.82, 2.24) is 9.13 Å². The second-order valence-corrected chi connectivity index (χ2v) is 5.13. The number of anilines is 1. The van der Waals surface area contributed by atoms with Gasteiger partial charge in [0.25, 0.3) is 0 Å². The highest BCUT2D eigenvalue weighted by molar-refractivity contribution is 6.10. The van der Waals surface area contributed by atoms with Crippen molar-refractivity contribution in [3.63, 3.8) is 0 Å². The average Bonchev–Trinajstić information content (AvgIpc) is 3.32. The van der Waals surface area contributed by atoms with E-state index in [-0.39, 0.29) is 11.4 Å². The number of nitriles is 2. The maximum absolute atomic E-state index is 12.5. The molecule has 22 heavy (non-hydrogen) atoms. The van der Waals surface area contributed by atoms with Crippen molar-refractivity contribution in [2.24, 2.45) is 5.10 Å². The highest BCUT2D eigenvalue weighted by Gasteiger charge is 2.28. The molecule has 1 heterocycles. The second-order valence-electron chi connectivity index (χ2n) is 5.13. The molecule has 0 saturated heterocycles. The normalized spacial score (nSPS) is 13.4. The van der Waals surface area contributed by atoms with Crippen LogP contribution in [0.1, 0.15) is 25.8 Å². The molecule has 0 radical (unpaired) electrons. The molecule has 1 fully saturated rings. The lowest BCUT2D eigenvalue weighted by Crippen LogP contribution is -2.23. The van der Waals surface area contributed by atoms with E-state index in [0.717, 1.165) is 23.9 Å². The van der Waals surface area contributed by atoms with Gasteiger partial charge >= 0.3 is 5.69 Å². The fourth-order valence-electron chi connectivity index (χ4n) is 2.54. The summed E-state index contributed by atoms with van der Waals surface area (Å²) in [5, 5.41) is 21.1. The first kappa shape index (κ1) is 13.9. The summed E-state index contributed by atoms with van der Waals surface area (Å²) in [5.74, 6) is 0. The number of imidazole rings is 1. The standard InChI is InChI=1S/C15H14N6O/c1-2-20-14-7-10(18-19-11(8-16)9-17)3-6-13(14)21(15(20)22)12-4-5-12/h3,6-7,12,18H,2,4-5H2,1H3. The molecule has 0 aliphatic heterocycles. The summed E-state index contributed by atoms with van der Waals surface area (Å²) in [6, 6.07) is 9.15.